The third-order valence-electron chi connectivity index (χ3n) is 8.23. The first-order valence-corrected chi connectivity index (χ1v) is 11.0. The molecule has 0 radical (unpaired) electrons. The molecule has 3 saturated carbocycles. The second kappa shape index (κ2) is 6.21. The van der Waals surface area contributed by atoms with Crippen LogP contribution in [0.25, 0.3) is 0 Å². The van der Waals surface area contributed by atoms with Gasteiger partial charge in [-0.15, -0.1) is 0 Å². The van der Waals surface area contributed by atoms with Crippen LogP contribution < -0.4 is 0 Å². The van der Waals surface area contributed by atoms with Gasteiger partial charge in [0, 0.05) is 20.7 Å². The second-order valence-corrected chi connectivity index (χ2v) is 10.8. The van der Waals surface area contributed by atoms with Gasteiger partial charge in [-0.2, -0.15) is 0 Å². The predicted molar refractivity (Wildman–Crippen MR) is 108 cm³/mol. The van der Waals surface area contributed by atoms with Crippen LogP contribution in [0.3, 0.4) is 0 Å². The molecule has 0 amide bonds. The number of allylic oxidation sites excluding steroid dienone is 4. The number of hydrogen-bond donors (Lipinski definition) is 3. The molecule has 5 nitrogen and oxygen atoms in total. The molecule has 6 heteroatoms. The van der Waals surface area contributed by atoms with Crippen molar-refractivity contribution in [2.45, 2.75) is 55.2 Å². The lowest BCUT2D eigenvalue weighted by Gasteiger charge is -2.60. The molecule has 0 heterocycles. The zero-order valence-electron chi connectivity index (χ0n) is 15.7. The number of aliphatic hydroxyl groups excluding tert-OH is 2. The van der Waals surface area contributed by atoms with Crippen molar-refractivity contribution in [1.29, 1.82) is 0 Å². The van der Waals surface area contributed by atoms with Crippen LogP contribution in [0.5, 0.6) is 0 Å². The normalized spacial score (nSPS) is 51.3. The highest BCUT2D eigenvalue weighted by molar-refractivity contribution is 14.1. The second-order valence-electron chi connectivity index (χ2n) is 9.29. The molecule has 4 aliphatic carbocycles. The molecular weight excluding hydrogens is 459 g/mol. The first kappa shape index (κ1) is 19.7. The Morgan fingerprint density at radius 3 is 2.74 bits per heavy atom. The van der Waals surface area contributed by atoms with Gasteiger partial charge < -0.3 is 15.3 Å². The number of carbonyl (C=O) groups excluding carboxylic acids is 2. The van der Waals surface area contributed by atoms with Crippen LogP contribution in [0.15, 0.2) is 23.8 Å². The van der Waals surface area contributed by atoms with Crippen LogP contribution in [-0.2, 0) is 9.59 Å². The molecule has 8 unspecified atom stereocenters. The number of ketones is 2. The number of aliphatic hydroxyl groups is 3. The maximum absolute atomic E-state index is 12.4. The van der Waals surface area contributed by atoms with Crippen molar-refractivity contribution in [2.75, 3.05) is 6.61 Å². The van der Waals surface area contributed by atoms with Crippen LogP contribution in [0.2, 0.25) is 0 Å². The summed E-state index contributed by atoms with van der Waals surface area (Å²) in [4.78, 5) is 24.4. The van der Waals surface area contributed by atoms with Crippen LogP contribution in [0.4, 0.5) is 0 Å². The summed E-state index contributed by atoms with van der Waals surface area (Å²) >= 11 is 2.39. The average molecular weight is 486 g/mol. The molecule has 4 aliphatic rings. The van der Waals surface area contributed by atoms with E-state index in [1.165, 1.54) is 0 Å². The number of rotatable bonds is 2. The Bertz CT molecular complexity index is 760. The number of alkyl halides is 1. The van der Waals surface area contributed by atoms with Crippen molar-refractivity contribution in [1.82, 2.24) is 0 Å². The molecule has 27 heavy (non-hydrogen) atoms. The molecule has 0 aromatic rings. The number of carbonyl (C=O) groups is 2. The third kappa shape index (κ3) is 2.45. The summed E-state index contributed by atoms with van der Waals surface area (Å²) in [5, 5.41) is 31.9. The van der Waals surface area contributed by atoms with Crippen LogP contribution in [-0.4, -0.2) is 49.1 Å². The summed E-state index contributed by atoms with van der Waals surface area (Å²) < 4.78 is 0.180. The van der Waals surface area contributed by atoms with Gasteiger partial charge in [0.05, 0.1) is 6.10 Å². The molecule has 0 aromatic carbocycles. The summed E-state index contributed by atoms with van der Waals surface area (Å²) in [6, 6.07) is 0. The van der Waals surface area contributed by atoms with E-state index in [-0.39, 0.29) is 32.9 Å². The van der Waals surface area contributed by atoms with E-state index < -0.39 is 29.5 Å². The zero-order valence-corrected chi connectivity index (χ0v) is 17.8. The molecule has 8 atom stereocenters. The molecule has 3 fully saturated rings. The van der Waals surface area contributed by atoms with Crippen LogP contribution in [0, 0.1) is 28.6 Å². The van der Waals surface area contributed by atoms with E-state index in [0.717, 1.165) is 12.0 Å². The lowest BCUT2D eigenvalue weighted by molar-refractivity contribution is -0.178. The minimum Gasteiger partial charge on any atom is -0.393 e. The summed E-state index contributed by atoms with van der Waals surface area (Å²) in [5.74, 6) is -0.311. The maximum atomic E-state index is 12.4. The van der Waals surface area contributed by atoms with Crippen molar-refractivity contribution in [3.63, 3.8) is 0 Å². The van der Waals surface area contributed by atoms with E-state index in [4.69, 9.17) is 0 Å². The summed E-state index contributed by atoms with van der Waals surface area (Å²) in [6.07, 6.45) is 6.83. The van der Waals surface area contributed by atoms with Crippen molar-refractivity contribution < 1.29 is 24.9 Å². The van der Waals surface area contributed by atoms with Crippen molar-refractivity contribution in [2.24, 2.45) is 28.6 Å². The van der Waals surface area contributed by atoms with E-state index in [2.05, 4.69) is 29.5 Å². The molecule has 0 aliphatic heterocycles. The number of fused-ring (bicyclic) bond motifs is 5. The highest BCUT2D eigenvalue weighted by Crippen LogP contribution is 2.67. The molecular formula is C21H27IO5. The fraction of sp³-hybridized carbons (Fsp3) is 0.714. The average Bonchev–Trinajstić information content (AvgIpc) is 2.87. The summed E-state index contributed by atoms with van der Waals surface area (Å²) in [5.41, 5.74) is -1.62. The zero-order chi connectivity index (χ0) is 19.8. The highest BCUT2D eigenvalue weighted by atomic mass is 127. The number of halogens is 1. The Morgan fingerprint density at radius 1 is 1.37 bits per heavy atom. The smallest absolute Gasteiger partial charge is 0.190 e. The van der Waals surface area contributed by atoms with Gasteiger partial charge in [0.1, 0.15) is 12.2 Å². The molecule has 0 bridgehead atoms. The van der Waals surface area contributed by atoms with E-state index in [1.807, 2.05) is 13.0 Å². The van der Waals surface area contributed by atoms with Gasteiger partial charge in [0.2, 0.25) is 0 Å². The Hall–Kier alpha value is -0.570. The largest absolute Gasteiger partial charge is 0.393 e. The van der Waals surface area contributed by atoms with Crippen molar-refractivity contribution in [3.05, 3.63) is 23.8 Å². The van der Waals surface area contributed by atoms with E-state index >= 15 is 0 Å². The molecule has 0 aromatic heterocycles. The topological polar surface area (TPSA) is 94.8 Å². The van der Waals surface area contributed by atoms with Crippen molar-refractivity contribution in [3.8, 4) is 0 Å². The molecule has 4 rings (SSSR count). The minimum absolute atomic E-state index is 0.00140. The van der Waals surface area contributed by atoms with Gasteiger partial charge in [0.25, 0.3) is 0 Å². The Kier molecular flexibility index (Phi) is 4.54. The monoisotopic (exact) mass is 486 g/mol. The number of Topliss-reactive ketones (excluding diaryl/α,β-unsaturated/α-hetero) is 1. The first-order chi connectivity index (χ1) is 12.6. The lowest BCUT2D eigenvalue weighted by Crippen LogP contribution is -2.62. The molecule has 0 saturated heterocycles. The molecule has 3 N–H and O–H groups in total. The molecule has 148 valence electrons. The Morgan fingerprint density at radius 2 is 2.07 bits per heavy atom. The van der Waals surface area contributed by atoms with Gasteiger partial charge in [-0.25, -0.2) is 0 Å². The fourth-order valence-electron chi connectivity index (χ4n) is 6.93. The Labute approximate surface area is 173 Å². The summed E-state index contributed by atoms with van der Waals surface area (Å²) in [7, 11) is 0. The standard InChI is InChI=1S/C21H27IO5/c1-19-5-3-11(24)7-14(19)15(22)8-12-13-4-6-21(27,17(26)10-23)20(13,2)9-16(25)18(12)19/h3,5,7,12-13,15-16,18,23,25,27H,4,6,8-10H2,1-2H3. The van der Waals surface area contributed by atoms with Crippen LogP contribution in [0.1, 0.15) is 39.5 Å². The van der Waals surface area contributed by atoms with Gasteiger partial charge in [-0.3, -0.25) is 9.59 Å². The lowest BCUT2D eigenvalue weighted by atomic mass is 9.46. The highest BCUT2D eigenvalue weighted by Gasteiger charge is 2.68. The van der Waals surface area contributed by atoms with Crippen molar-refractivity contribution >= 4 is 34.2 Å². The minimum atomic E-state index is -1.57. The van der Waals surface area contributed by atoms with E-state index in [1.54, 1.807) is 12.2 Å². The first-order valence-electron chi connectivity index (χ1n) is 9.72. The van der Waals surface area contributed by atoms with Crippen LogP contribution >= 0.6 is 22.6 Å². The van der Waals surface area contributed by atoms with Gasteiger partial charge >= 0.3 is 0 Å². The summed E-state index contributed by atoms with van der Waals surface area (Å²) in [6.45, 7) is 3.34. The van der Waals surface area contributed by atoms with E-state index in [9.17, 15) is 24.9 Å². The SMILES string of the molecule is CC12C=CC(=O)C=C1C(I)CC1C2C(O)CC2(C)C1CCC2(O)C(=O)CO. The van der Waals surface area contributed by atoms with Gasteiger partial charge in [0.15, 0.2) is 11.6 Å². The van der Waals surface area contributed by atoms with Gasteiger partial charge in [-0.1, -0.05) is 42.5 Å². The maximum Gasteiger partial charge on any atom is 0.190 e. The third-order valence-corrected chi connectivity index (χ3v) is 9.41. The Balaban J connectivity index is 1.78. The van der Waals surface area contributed by atoms with E-state index in [0.29, 0.717) is 19.3 Å². The number of hydrogen-bond acceptors (Lipinski definition) is 5. The molecule has 0 spiro atoms. The quantitative estimate of drug-likeness (QED) is 0.410. The fourth-order valence-corrected chi connectivity index (χ4v) is 8.37. The van der Waals surface area contributed by atoms with Gasteiger partial charge in [-0.05, 0) is 55.2 Å². The predicted octanol–water partition coefficient (Wildman–Crippen LogP) is 1.97.